The lowest BCUT2D eigenvalue weighted by Gasteiger charge is -2.16. The van der Waals surface area contributed by atoms with E-state index in [0.29, 0.717) is 0 Å². The molecule has 2 aromatic heterocycles. The van der Waals surface area contributed by atoms with Crippen LogP contribution in [0.15, 0.2) is 30.6 Å². The molecule has 3 rings (SSSR count). The molecule has 1 aliphatic rings. The molecule has 0 saturated heterocycles. The third kappa shape index (κ3) is 2.68. The molecule has 1 amide bonds. The van der Waals surface area contributed by atoms with E-state index in [4.69, 9.17) is 0 Å². The molecule has 0 fully saturated rings. The fraction of sp³-hybridized carbons (Fsp3) is 0.333. The van der Waals surface area contributed by atoms with Gasteiger partial charge in [-0.2, -0.15) is 0 Å². The number of carbonyl (C=O) groups excluding carboxylic acids is 1. The highest BCUT2D eigenvalue weighted by atomic mass is 32.1. The van der Waals surface area contributed by atoms with Crippen LogP contribution in [0.1, 0.15) is 33.5 Å². The zero-order chi connectivity index (χ0) is 13.2. The van der Waals surface area contributed by atoms with Crippen LogP contribution in [0.4, 0.5) is 5.69 Å². The lowest BCUT2D eigenvalue weighted by Crippen LogP contribution is -2.10. The molecule has 1 atom stereocenters. The fourth-order valence-electron chi connectivity index (χ4n) is 2.45. The highest BCUT2D eigenvalue weighted by molar-refractivity contribution is 7.14. The molecular weight excluding hydrogens is 256 g/mol. The van der Waals surface area contributed by atoms with Crippen LogP contribution in [0.5, 0.6) is 0 Å². The van der Waals surface area contributed by atoms with Crippen molar-refractivity contribution in [3.63, 3.8) is 0 Å². The predicted molar refractivity (Wildman–Crippen MR) is 77.7 cm³/mol. The van der Waals surface area contributed by atoms with E-state index in [1.165, 1.54) is 16.9 Å². The van der Waals surface area contributed by atoms with Gasteiger partial charge in [0.05, 0.1) is 4.88 Å². The second kappa shape index (κ2) is 5.13. The quantitative estimate of drug-likeness (QED) is 0.909. The standard InChI is InChI=1S/C15H16N2OS/c1-10-2-3-13-11(8-10)9-14(19-13)15(18)17-12-4-6-16-7-5-12/h4-7,9-10H,2-3,8H2,1H3,(H,16,17,18)/t10-/m1/s1. The topological polar surface area (TPSA) is 42.0 Å². The lowest BCUT2D eigenvalue weighted by molar-refractivity contribution is 0.103. The Morgan fingerprint density at radius 3 is 3.00 bits per heavy atom. The lowest BCUT2D eigenvalue weighted by atomic mass is 9.90. The van der Waals surface area contributed by atoms with Gasteiger partial charge in [-0.05, 0) is 48.9 Å². The van der Waals surface area contributed by atoms with E-state index in [1.807, 2.05) is 0 Å². The summed E-state index contributed by atoms with van der Waals surface area (Å²) in [5.74, 6) is 0.719. The van der Waals surface area contributed by atoms with Gasteiger partial charge in [-0.1, -0.05) is 6.92 Å². The van der Waals surface area contributed by atoms with E-state index in [9.17, 15) is 4.79 Å². The number of amides is 1. The average molecular weight is 272 g/mol. The summed E-state index contributed by atoms with van der Waals surface area (Å²) in [5, 5.41) is 2.91. The van der Waals surface area contributed by atoms with Gasteiger partial charge in [-0.15, -0.1) is 11.3 Å². The summed E-state index contributed by atoms with van der Waals surface area (Å²) in [5.41, 5.74) is 2.16. The second-order valence-corrected chi connectivity index (χ2v) is 6.23. The molecule has 0 unspecified atom stereocenters. The van der Waals surface area contributed by atoms with Crippen molar-refractivity contribution in [1.82, 2.24) is 4.98 Å². The minimum atomic E-state index is -0.0155. The van der Waals surface area contributed by atoms with Crippen LogP contribution in [0.25, 0.3) is 0 Å². The van der Waals surface area contributed by atoms with Gasteiger partial charge < -0.3 is 5.32 Å². The van der Waals surface area contributed by atoms with Crippen LogP contribution in [-0.2, 0) is 12.8 Å². The molecule has 3 nitrogen and oxygen atoms in total. The Hall–Kier alpha value is -1.68. The SMILES string of the molecule is C[C@@H]1CCc2sc(C(=O)Nc3ccncc3)cc2C1. The Labute approximate surface area is 116 Å². The molecule has 1 aliphatic carbocycles. The zero-order valence-electron chi connectivity index (χ0n) is 10.8. The third-order valence-corrected chi connectivity index (χ3v) is 4.73. The number of hydrogen-bond acceptors (Lipinski definition) is 3. The fourth-order valence-corrected chi connectivity index (χ4v) is 3.55. The summed E-state index contributed by atoms with van der Waals surface area (Å²) in [6.07, 6.45) is 6.81. The minimum Gasteiger partial charge on any atom is -0.321 e. The number of aromatic nitrogens is 1. The molecule has 4 heteroatoms. The van der Waals surface area contributed by atoms with Gasteiger partial charge in [0.15, 0.2) is 0 Å². The number of aryl methyl sites for hydroxylation is 1. The van der Waals surface area contributed by atoms with Crippen LogP contribution >= 0.6 is 11.3 Å². The summed E-state index contributed by atoms with van der Waals surface area (Å²) < 4.78 is 0. The van der Waals surface area contributed by atoms with Crippen LogP contribution in [0.2, 0.25) is 0 Å². The molecule has 0 aromatic carbocycles. The smallest absolute Gasteiger partial charge is 0.265 e. The predicted octanol–water partition coefficient (Wildman–Crippen LogP) is 3.52. The summed E-state index contributed by atoms with van der Waals surface area (Å²) in [6.45, 7) is 2.28. The van der Waals surface area contributed by atoms with Gasteiger partial charge in [0.1, 0.15) is 0 Å². The number of thiophene rings is 1. The molecule has 0 bridgehead atoms. The second-order valence-electron chi connectivity index (χ2n) is 5.10. The number of pyridine rings is 1. The van der Waals surface area contributed by atoms with Gasteiger partial charge in [0.2, 0.25) is 0 Å². The van der Waals surface area contributed by atoms with Crippen LogP contribution in [0.3, 0.4) is 0 Å². The maximum atomic E-state index is 12.2. The Balaban J connectivity index is 1.78. The van der Waals surface area contributed by atoms with Crippen molar-refractivity contribution in [3.8, 4) is 0 Å². The molecule has 0 radical (unpaired) electrons. The van der Waals surface area contributed by atoms with Gasteiger partial charge in [0.25, 0.3) is 5.91 Å². The third-order valence-electron chi connectivity index (χ3n) is 3.49. The van der Waals surface area contributed by atoms with Crippen LogP contribution in [0, 0.1) is 5.92 Å². The molecule has 2 aromatic rings. The van der Waals surface area contributed by atoms with Crippen molar-refractivity contribution in [1.29, 1.82) is 0 Å². The number of nitrogens with one attached hydrogen (secondary N) is 1. The van der Waals surface area contributed by atoms with Crippen molar-refractivity contribution < 1.29 is 4.79 Å². The van der Waals surface area contributed by atoms with Crippen LogP contribution < -0.4 is 5.32 Å². The molecule has 0 aliphatic heterocycles. The molecule has 1 N–H and O–H groups in total. The largest absolute Gasteiger partial charge is 0.321 e. The summed E-state index contributed by atoms with van der Waals surface area (Å²) in [6, 6.07) is 5.66. The number of carbonyl (C=O) groups is 1. The molecule has 0 spiro atoms. The van der Waals surface area contributed by atoms with Crippen molar-refractivity contribution in [2.75, 3.05) is 5.32 Å². The van der Waals surface area contributed by atoms with E-state index in [2.05, 4.69) is 23.3 Å². The van der Waals surface area contributed by atoms with Gasteiger partial charge in [0, 0.05) is 23.0 Å². The molecule has 19 heavy (non-hydrogen) atoms. The first-order valence-corrected chi connectivity index (χ1v) is 7.37. The first kappa shape index (κ1) is 12.4. The number of rotatable bonds is 2. The van der Waals surface area contributed by atoms with E-state index >= 15 is 0 Å². The number of fused-ring (bicyclic) bond motifs is 1. The van der Waals surface area contributed by atoms with Gasteiger partial charge in [-0.25, -0.2) is 0 Å². The molecule has 0 saturated carbocycles. The number of anilines is 1. The monoisotopic (exact) mass is 272 g/mol. The zero-order valence-corrected chi connectivity index (χ0v) is 11.7. The van der Waals surface area contributed by atoms with E-state index in [1.54, 1.807) is 35.9 Å². The highest BCUT2D eigenvalue weighted by Crippen LogP contribution is 2.32. The Bertz CT molecular complexity index is 591. The number of hydrogen-bond donors (Lipinski definition) is 1. The van der Waals surface area contributed by atoms with E-state index < -0.39 is 0 Å². The van der Waals surface area contributed by atoms with E-state index in [-0.39, 0.29) is 5.91 Å². The first-order valence-electron chi connectivity index (χ1n) is 6.55. The van der Waals surface area contributed by atoms with Gasteiger partial charge >= 0.3 is 0 Å². The maximum Gasteiger partial charge on any atom is 0.265 e. The van der Waals surface area contributed by atoms with Crippen molar-refractivity contribution in [3.05, 3.63) is 45.9 Å². The van der Waals surface area contributed by atoms with Crippen molar-refractivity contribution in [2.24, 2.45) is 5.92 Å². The average Bonchev–Trinajstić information content (AvgIpc) is 2.83. The van der Waals surface area contributed by atoms with Crippen molar-refractivity contribution >= 4 is 22.9 Å². The molecule has 2 heterocycles. The Kier molecular flexibility index (Phi) is 3.34. The van der Waals surface area contributed by atoms with Gasteiger partial charge in [-0.3, -0.25) is 9.78 Å². The normalized spacial score (nSPS) is 17.8. The summed E-state index contributed by atoms with van der Waals surface area (Å²) in [4.78, 5) is 18.3. The molecular formula is C15H16N2OS. The van der Waals surface area contributed by atoms with Crippen LogP contribution in [-0.4, -0.2) is 10.9 Å². The highest BCUT2D eigenvalue weighted by Gasteiger charge is 2.20. The van der Waals surface area contributed by atoms with Crippen molar-refractivity contribution in [2.45, 2.75) is 26.2 Å². The summed E-state index contributed by atoms with van der Waals surface area (Å²) in [7, 11) is 0. The maximum absolute atomic E-state index is 12.2. The first-order chi connectivity index (χ1) is 9.22. The van der Waals surface area contributed by atoms with E-state index in [0.717, 1.165) is 29.3 Å². The molecule has 98 valence electrons. The Morgan fingerprint density at radius 2 is 2.21 bits per heavy atom. The Morgan fingerprint density at radius 1 is 1.42 bits per heavy atom. The minimum absolute atomic E-state index is 0.0155. The summed E-state index contributed by atoms with van der Waals surface area (Å²) >= 11 is 1.64. The number of nitrogens with zero attached hydrogens (tertiary/aromatic N) is 1.